The van der Waals surface area contributed by atoms with Crippen LogP contribution >= 0.6 is 11.6 Å². The molecule has 0 aliphatic rings. The fourth-order valence-electron chi connectivity index (χ4n) is 3.83. The van der Waals surface area contributed by atoms with Gasteiger partial charge in [0.1, 0.15) is 18.0 Å². The van der Waals surface area contributed by atoms with Crippen molar-refractivity contribution in [2.75, 3.05) is 11.9 Å². The van der Waals surface area contributed by atoms with Crippen molar-refractivity contribution in [3.05, 3.63) is 82.2 Å². The molecule has 0 spiro atoms. The summed E-state index contributed by atoms with van der Waals surface area (Å²) in [5, 5.41) is 8.59. The van der Waals surface area contributed by atoms with E-state index >= 15 is 0 Å². The second-order valence-corrected chi connectivity index (χ2v) is 8.27. The van der Waals surface area contributed by atoms with Gasteiger partial charge in [-0.15, -0.1) is 0 Å². The van der Waals surface area contributed by atoms with Gasteiger partial charge in [0.05, 0.1) is 11.2 Å². The van der Waals surface area contributed by atoms with Gasteiger partial charge in [0.2, 0.25) is 0 Å². The zero-order valence-corrected chi connectivity index (χ0v) is 18.5. The van der Waals surface area contributed by atoms with Crippen molar-refractivity contribution >= 4 is 39.4 Å². The molecule has 0 saturated carbocycles. The number of fused-ring (bicyclic) bond motifs is 2. The van der Waals surface area contributed by atoms with Gasteiger partial charge in [-0.1, -0.05) is 17.7 Å². The lowest BCUT2D eigenvalue weighted by atomic mass is 10.0. The van der Waals surface area contributed by atoms with E-state index in [1.807, 2.05) is 31.4 Å². The van der Waals surface area contributed by atoms with Crippen molar-refractivity contribution in [2.24, 2.45) is 7.05 Å². The average Bonchev–Trinajstić information content (AvgIpc) is 3.17. The second kappa shape index (κ2) is 8.18. The van der Waals surface area contributed by atoms with Crippen molar-refractivity contribution in [2.45, 2.75) is 6.18 Å². The smallest absolute Gasteiger partial charge is 0.361 e. The first-order valence-corrected chi connectivity index (χ1v) is 10.6. The van der Waals surface area contributed by atoms with Gasteiger partial charge < -0.3 is 5.32 Å². The van der Waals surface area contributed by atoms with Crippen LogP contribution in [0.4, 0.5) is 19.0 Å². The Morgan fingerprint density at radius 3 is 2.50 bits per heavy atom. The number of anilines is 1. The van der Waals surface area contributed by atoms with E-state index in [1.54, 1.807) is 41.1 Å². The molecule has 172 valence electrons. The Morgan fingerprint density at radius 2 is 1.76 bits per heavy atom. The van der Waals surface area contributed by atoms with Crippen LogP contribution in [0, 0.1) is 0 Å². The minimum Gasteiger partial charge on any atom is -0.361 e. The lowest BCUT2D eigenvalue weighted by Gasteiger charge is -2.15. The van der Waals surface area contributed by atoms with E-state index in [9.17, 15) is 18.0 Å². The highest BCUT2D eigenvalue weighted by molar-refractivity contribution is 6.30. The summed E-state index contributed by atoms with van der Waals surface area (Å²) in [6.07, 6.45) is -2.54. The fraction of sp³-hybridized carbons (Fsp3) is 0.125. The van der Waals surface area contributed by atoms with Gasteiger partial charge in [0, 0.05) is 34.6 Å². The van der Waals surface area contributed by atoms with Crippen LogP contribution in [0.3, 0.4) is 0 Å². The summed E-state index contributed by atoms with van der Waals surface area (Å²) in [4.78, 5) is 18.0. The van der Waals surface area contributed by atoms with Crippen LogP contribution in [-0.4, -0.2) is 32.1 Å². The predicted octanol–water partition coefficient (Wildman–Crippen LogP) is 5.57. The van der Waals surface area contributed by atoms with Crippen LogP contribution in [0.25, 0.3) is 38.8 Å². The molecule has 0 bridgehead atoms. The van der Waals surface area contributed by atoms with Crippen LogP contribution in [-0.2, 0) is 7.05 Å². The Balaban J connectivity index is 1.73. The van der Waals surface area contributed by atoms with E-state index in [2.05, 4.69) is 15.4 Å². The molecule has 10 heteroatoms. The molecule has 0 aliphatic heterocycles. The zero-order chi connectivity index (χ0) is 24.0. The summed E-state index contributed by atoms with van der Waals surface area (Å²) in [6, 6.07) is 16.9. The summed E-state index contributed by atoms with van der Waals surface area (Å²) < 4.78 is 41.1. The molecular formula is C24H17ClF3N5O. The highest BCUT2D eigenvalue weighted by atomic mass is 35.5. The standard InChI is InChI=1S/C24H17ClF3N5O/c1-32-12-16-10-14(2-8-20(16)31-32)19-11-15-3-9-21(29-13-24(26,27)28)30-22(15)33(23(19)34)18-6-4-17(25)5-7-18/h2-12H,13H2,1H3,(H,29,30). The van der Waals surface area contributed by atoms with E-state index in [0.717, 1.165) is 10.9 Å². The van der Waals surface area contributed by atoms with Crippen LogP contribution in [0.15, 0.2) is 71.7 Å². The average molecular weight is 484 g/mol. The molecule has 1 N–H and O–H groups in total. The largest absolute Gasteiger partial charge is 0.405 e. The lowest BCUT2D eigenvalue weighted by molar-refractivity contribution is -0.115. The molecule has 3 heterocycles. The first kappa shape index (κ1) is 22.0. The van der Waals surface area contributed by atoms with Gasteiger partial charge in [-0.05, 0) is 60.2 Å². The van der Waals surface area contributed by atoms with Gasteiger partial charge in [0.25, 0.3) is 5.56 Å². The highest BCUT2D eigenvalue weighted by Crippen LogP contribution is 2.27. The monoisotopic (exact) mass is 483 g/mol. The quantitative estimate of drug-likeness (QED) is 0.363. The molecule has 0 saturated heterocycles. The summed E-state index contributed by atoms with van der Waals surface area (Å²) in [7, 11) is 1.82. The van der Waals surface area contributed by atoms with E-state index in [4.69, 9.17) is 11.6 Å². The maximum Gasteiger partial charge on any atom is 0.405 e. The zero-order valence-electron chi connectivity index (χ0n) is 17.8. The summed E-state index contributed by atoms with van der Waals surface area (Å²) in [6.45, 7) is -1.24. The third-order valence-electron chi connectivity index (χ3n) is 5.34. The van der Waals surface area contributed by atoms with E-state index in [1.165, 1.54) is 10.6 Å². The molecule has 6 nitrogen and oxygen atoms in total. The first-order chi connectivity index (χ1) is 16.2. The van der Waals surface area contributed by atoms with Crippen molar-refractivity contribution in [1.29, 1.82) is 0 Å². The maximum absolute atomic E-state index is 13.7. The van der Waals surface area contributed by atoms with Crippen molar-refractivity contribution in [3.63, 3.8) is 0 Å². The molecule has 5 aromatic rings. The van der Waals surface area contributed by atoms with Gasteiger partial charge in [-0.3, -0.25) is 14.0 Å². The number of pyridine rings is 2. The predicted molar refractivity (Wildman–Crippen MR) is 127 cm³/mol. The Labute approximate surface area is 196 Å². The third-order valence-corrected chi connectivity index (χ3v) is 5.59. The summed E-state index contributed by atoms with van der Waals surface area (Å²) in [5.41, 5.74) is 2.26. The summed E-state index contributed by atoms with van der Waals surface area (Å²) >= 11 is 6.02. The normalized spacial score (nSPS) is 11.9. The van der Waals surface area contributed by atoms with Crippen LogP contribution < -0.4 is 10.9 Å². The van der Waals surface area contributed by atoms with E-state index < -0.39 is 12.7 Å². The number of halogens is 4. The van der Waals surface area contributed by atoms with Gasteiger partial charge >= 0.3 is 6.18 Å². The molecule has 0 aliphatic carbocycles. The number of benzene rings is 2. The molecule has 2 aromatic carbocycles. The number of nitrogens with zero attached hydrogens (tertiary/aromatic N) is 4. The maximum atomic E-state index is 13.7. The van der Waals surface area contributed by atoms with Gasteiger partial charge in [-0.2, -0.15) is 18.3 Å². The van der Waals surface area contributed by atoms with Crippen LogP contribution in [0.5, 0.6) is 0 Å². The van der Waals surface area contributed by atoms with Gasteiger partial charge in [-0.25, -0.2) is 4.98 Å². The highest BCUT2D eigenvalue weighted by Gasteiger charge is 2.27. The number of hydrogen-bond acceptors (Lipinski definition) is 4. The molecule has 0 fully saturated rings. The number of alkyl halides is 3. The Bertz CT molecular complexity index is 1590. The van der Waals surface area contributed by atoms with E-state index in [-0.39, 0.29) is 17.0 Å². The molecule has 34 heavy (non-hydrogen) atoms. The number of aromatic nitrogens is 4. The van der Waals surface area contributed by atoms with E-state index in [0.29, 0.717) is 27.2 Å². The minimum absolute atomic E-state index is 0.0106. The summed E-state index contributed by atoms with van der Waals surface area (Å²) in [5.74, 6) is 0.0106. The van der Waals surface area contributed by atoms with Crippen molar-refractivity contribution in [1.82, 2.24) is 19.3 Å². The first-order valence-electron chi connectivity index (χ1n) is 10.3. The molecule has 5 rings (SSSR count). The number of nitrogens with one attached hydrogen (secondary N) is 1. The van der Waals surface area contributed by atoms with Gasteiger partial charge in [0.15, 0.2) is 0 Å². The second-order valence-electron chi connectivity index (χ2n) is 7.83. The minimum atomic E-state index is -4.40. The fourth-order valence-corrected chi connectivity index (χ4v) is 3.95. The molecule has 0 atom stereocenters. The third kappa shape index (κ3) is 4.22. The van der Waals surface area contributed by atoms with Crippen molar-refractivity contribution < 1.29 is 13.2 Å². The van der Waals surface area contributed by atoms with Crippen LogP contribution in [0.1, 0.15) is 0 Å². The van der Waals surface area contributed by atoms with Crippen LogP contribution in [0.2, 0.25) is 5.02 Å². The molecule has 0 unspecified atom stereocenters. The Hall–Kier alpha value is -3.85. The molecular weight excluding hydrogens is 467 g/mol. The number of hydrogen-bond donors (Lipinski definition) is 1. The Kier molecular flexibility index (Phi) is 5.28. The molecule has 0 radical (unpaired) electrons. The SMILES string of the molecule is Cn1cc2cc(-c3cc4ccc(NCC(F)(F)F)nc4n(-c4ccc(Cl)cc4)c3=O)ccc2n1. The van der Waals surface area contributed by atoms with Crippen molar-refractivity contribution in [3.8, 4) is 16.8 Å². The topological polar surface area (TPSA) is 64.7 Å². The lowest BCUT2D eigenvalue weighted by Crippen LogP contribution is -2.23. The molecule has 3 aromatic heterocycles. The Morgan fingerprint density at radius 1 is 1.00 bits per heavy atom. The molecule has 0 amide bonds. The number of rotatable bonds is 4. The number of aryl methyl sites for hydroxylation is 1.